The highest BCUT2D eigenvalue weighted by atomic mass is 32.2. The minimum absolute atomic E-state index is 0.0584. The number of aromatic nitrogens is 2. The number of nitrogens with zero attached hydrogens (tertiary/aromatic N) is 4. The highest BCUT2D eigenvalue weighted by molar-refractivity contribution is 7.89. The zero-order chi connectivity index (χ0) is 22.8. The second kappa shape index (κ2) is 9.07. The molecule has 3 rings (SSSR count). The van der Waals surface area contributed by atoms with Crippen LogP contribution in [0.1, 0.15) is 31.0 Å². The molecule has 166 valence electrons. The Morgan fingerprint density at radius 1 is 1.13 bits per heavy atom. The maximum Gasteiger partial charge on any atom is 0.248 e. The Balaban J connectivity index is 1.87. The normalized spacial score (nSPS) is 12.0. The Kier molecular flexibility index (Phi) is 6.66. The van der Waals surface area contributed by atoms with Crippen molar-refractivity contribution in [2.75, 3.05) is 11.9 Å². The molecule has 31 heavy (non-hydrogen) atoms. The molecule has 0 N–H and O–H groups in total. The first-order valence-electron chi connectivity index (χ1n) is 10.0. The molecule has 1 amide bonds. The lowest BCUT2D eigenvalue weighted by Crippen LogP contribution is -2.39. The summed E-state index contributed by atoms with van der Waals surface area (Å²) >= 11 is 0. The summed E-state index contributed by atoms with van der Waals surface area (Å²) in [6.45, 7) is 7.23. The van der Waals surface area contributed by atoms with Crippen molar-refractivity contribution in [3.63, 3.8) is 0 Å². The van der Waals surface area contributed by atoms with Crippen molar-refractivity contribution in [2.45, 2.75) is 51.7 Å². The number of para-hydroxylation sites is 1. The van der Waals surface area contributed by atoms with Gasteiger partial charge in [-0.1, -0.05) is 18.2 Å². The van der Waals surface area contributed by atoms with Crippen molar-refractivity contribution in [3.8, 4) is 0 Å². The summed E-state index contributed by atoms with van der Waals surface area (Å²) in [6.07, 6.45) is 1.50. The molecule has 0 aliphatic heterocycles. The summed E-state index contributed by atoms with van der Waals surface area (Å²) in [4.78, 5) is 14.9. The minimum Gasteiger partial charge on any atom is -0.468 e. The Morgan fingerprint density at radius 3 is 2.39 bits per heavy atom. The monoisotopic (exact) mass is 444 g/mol. The number of benzene rings is 1. The summed E-state index contributed by atoms with van der Waals surface area (Å²) in [5.74, 6) is 0.374. The molecule has 0 radical (unpaired) electrons. The third-order valence-corrected chi connectivity index (χ3v) is 7.10. The van der Waals surface area contributed by atoms with Gasteiger partial charge < -0.3 is 9.32 Å². The molecule has 3 aromatic rings. The van der Waals surface area contributed by atoms with Crippen LogP contribution in [0.15, 0.2) is 58.0 Å². The fourth-order valence-electron chi connectivity index (χ4n) is 3.59. The molecule has 0 spiro atoms. The summed E-state index contributed by atoms with van der Waals surface area (Å²) < 4.78 is 34.3. The number of amides is 1. The van der Waals surface area contributed by atoms with Crippen LogP contribution in [0.4, 0.5) is 5.69 Å². The maximum atomic E-state index is 13.2. The van der Waals surface area contributed by atoms with E-state index in [2.05, 4.69) is 5.10 Å². The van der Waals surface area contributed by atoms with Gasteiger partial charge in [0.1, 0.15) is 17.2 Å². The number of furan rings is 1. The van der Waals surface area contributed by atoms with Crippen molar-refractivity contribution in [2.24, 2.45) is 0 Å². The Labute approximate surface area is 183 Å². The molecular formula is C22H28N4O4S. The highest BCUT2D eigenvalue weighted by Crippen LogP contribution is 2.25. The van der Waals surface area contributed by atoms with E-state index in [-0.39, 0.29) is 29.9 Å². The minimum atomic E-state index is -3.82. The molecule has 0 saturated heterocycles. The quantitative estimate of drug-likeness (QED) is 0.532. The van der Waals surface area contributed by atoms with Gasteiger partial charge in [0.2, 0.25) is 15.9 Å². The van der Waals surface area contributed by atoms with E-state index in [1.54, 1.807) is 30.9 Å². The van der Waals surface area contributed by atoms with Gasteiger partial charge in [-0.3, -0.25) is 9.48 Å². The third kappa shape index (κ3) is 4.72. The van der Waals surface area contributed by atoms with Gasteiger partial charge in [-0.15, -0.1) is 0 Å². The summed E-state index contributed by atoms with van der Waals surface area (Å²) in [7, 11) is -2.32. The fraction of sp³-hybridized carbons (Fsp3) is 0.364. The standard InChI is InChI=1S/C22H28N4O4S/c1-16(2)26(19-10-7-6-8-11-19)21(27)15-25-18(4)22(17(3)23-25)31(28,29)24(5)14-20-12-9-13-30-20/h6-13,16H,14-15H2,1-5H3. The van der Waals surface area contributed by atoms with Gasteiger partial charge in [-0.2, -0.15) is 9.40 Å². The number of sulfonamides is 1. The maximum absolute atomic E-state index is 13.2. The van der Waals surface area contributed by atoms with E-state index in [4.69, 9.17) is 4.42 Å². The van der Waals surface area contributed by atoms with E-state index in [9.17, 15) is 13.2 Å². The highest BCUT2D eigenvalue weighted by Gasteiger charge is 2.30. The zero-order valence-corrected chi connectivity index (χ0v) is 19.3. The van der Waals surface area contributed by atoms with Gasteiger partial charge in [0.15, 0.2) is 0 Å². The van der Waals surface area contributed by atoms with Crippen LogP contribution < -0.4 is 4.90 Å². The molecule has 0 bridgehead atoms. The Hall–Kier alpha value is -2.91. The topological polar surface area (TPSA) is 88.7 Å². The molecule has 0 aliphatic carbocycles. The lowest BCUT2D eigenvalue weighted by molar-refractivity contribution is -0.119. The largest absolute Gasteiger partial charge is 0.468 e. The number of carbonyl (C=O) groups is 1. The average molecular weight is 445 g/mol. The van der Waals surface area contributed by atoms with Gasteiger partial charge in [0.25, 0.3) is 0 Å². The van der Waals surface area contributed by atoms with E-state index < -0.39 is 10.0 Å². The van der Waals surface area contributed by atoms with Crippen LogP contribution in [0, 0.1) is 13.8 Å². The number of hydrogen-bond donors (Lipinski definition) is 0. The second-order valence-electron chi connectivity index (χ2n) is 7.69. The SMILES string of the molecule is Cc1nn(CC(=O)N(c2ccccc2)C(C)C)c(C)c1S(=O)(=O)N(C)Cc1ccco1. The van der Waals surface area contributed by atoms with Crippen LogP contribution in [0.5, 0.6) is 0 Å². The van der Waals surface area contributed by atoms with E-state index in [1.807, 2.05) is 44.2 Å². The zero-order valence-electron chi connectivity index (χ0n) is 18.4. The lowest BCUT2D eigenvalue weighted by Gasteiger charge is -2.27. The molecule has 1 aromatic carbocycles. The van der Waals surface area contributed by atoms with Crippen LogP contribution in [-0.2, 0) is 27.9 Å². The molecule has 9 heteroatoms. The van der Waals surface area contributed by atoms with Crippen LogP contribution >= 0.6 is 0 Å². The molecule has 0 unspecified atom stereocenters. The first-order valence-corrected chi connectivity index (χ1v) is 11.5. The fourth-order valence-corrected chi connectivity index (χ4v) is 5.10. The number of anilines is 1. The van der Waals surface area contributed by atoms with Crippen molar-refractivity contribution < 1.29 is 17.6 Å². The van der Waals surface area contributed by atoms with Crippen LogP contribution in [-0.4, -0.2) is 41.5 Å². The predicted octanol–water partition coefficient (Wildman–Crippen LogP) is 3.36. The van der Waals surface area contributed by atoms with Crippen LogP contribution in [0.2, 0.25) is 0 Å². The van der Waals surface area contributed by atoms with Crippen LogP contribution in [0.3, 0.4) is 0 Å². The van der Waals surface area contributed by atoms with Crippen molar-refractivity contribution >= 4 is 21.6 Å². The van der Waals surface area contributed by atoms with Gasteiger partial charge in [0.05, 0.1) is 24.2 Å². The molecule has 8 nitrogen and oxygen atoms in total. The van der Waals surface area contributed by atoms with E-state index in [0.29, 0.717) is 17.1 Å². The van der Waals surface area contributed by atoms with Crippen LogP contribution in [0.25, 0.3) is 0 Å². The summed E-state index contributed by atoms with van der Waals surface area (Å²) in [5.41, 5.74) is 1.57. The van der Waals surface area contributed by atoms with Gasteiger partial charge in [-0.25, -0.2) is 8.42 Å². The predicted molar refractivity (Wildman–Crippen MR) is 118 cm³/mol. The van der Waals surface area contributed by atoms with E-state index in [0.717, 1.165) is 5.69 Å². The molecule has 2 aromatic heterocycles. The molecule has 0 atom stereocenters. The number of rotatable bonds is 8. The molecule has 2 heterocycles. The van der Waals surface area contributed by atoms with Gasteiger partial charge >= 0.3 is 0 Å². The smallest absolute Gasteiger partial charge is 0.248 e. The van der Waals surface area contributed by atoms with Crippen molar-refractivity contribution in [1.82, 2.24) is 14.1 Å². The second-order valence-corrected chi connectivity index (χ2v) is 9.67. The lowest BCUT2D eigenvalue weighted by atomic mass is 10.2. The average Bonchev–Trinajstić information content (AvgIpc) is 3.30. The van der Waals surface area contributed by atoms with Crippen molar-refractivity contribution in [1.29, 1.82) is 0 Å². The Morgan fingerprint density at radius 2 is 1.81 bits per heavy atom. The van der Waals surface area contributed by atoms with E-state index >= 15 is 0 Å². The molecule has 0 saturated carbocycles. The molecule has 0 fully saturated rings. The first-order chi connectivity index (χ1) is 14.6. The number of hydrogen-bond acceptors (Lipinski definition) is 5. The van der Waals surface area contributed by atoms with E-state index in [1.165, 1.54) is 22.3 Å². The number of aryl methyl sites for hydroxylation is 1. The molecule has 0 aliphatic rings. The van der Waals surface area contributed by atoms with Crippen molar-refractivity contribution in [3.05, 3.63) is 65.9 Å². The Bertz CT molecular complexity index is 1140. The first kappa shape index (κ1) is 22.8. The third-order valence-electron chi connectivity index (χ3n) is 5.05. The number of carbonyl (C=O) groups excluding carboxylic acids is 1. The van der Waals surface area contributed by atoms with Gasteiger partial charge in [0, 0.05) is 18.8 Å². The summed E-state index contributed by atoms with van der Waals surface area (Å²) in [5, 5.41) is 4.37. The van der Waals surface area contributed by atoms with Gasteiger partial charge in [-0.05, 0) is 52.0 Å². The molecular weight excluding hydrogens is 416 g/mol. The summed E-state index contributed by atoms with van der Waals surface area (Å²) in [6, 6.07) is 12.8.